The smallest absolute Gasteiger partial charge is 0.417 e. The Kier molecular flexibility index (Phi) is 13.8. The Balaban J connectivity index is 1.09. The Labute approximate surface area is 366 Å². The summed E-state index contributed by atoms with van der Waals surface area (Å²) in [5.74, 6) is 0. The Hall–Kier alpha value is -7.01. The molecular formula is C56H49N2O3P. The van der Waals surface area contributed by atoms with Gasteiger partial charge in [0.05, 0.1) is 35.7 Å². The first kappa shape index (κ1) is 41.7. The fraction of sp³-hybridized carbons (Fsp3) is 0.0714. The molecule has 2 N–H and O–H groups in total. The summed E-state index contributed by atoms with van der Waals surface area (Å²) in [5.41, 5.74) is 6.96. The zero-order valence-corrected chi connectivity index (χ0v) is 35.3. The Morgan fingerprint density at radius 3 is 0.774 bits per heavy atom. The topological polar surface area (TPSA) is 59.6 Å². The van der Waals surface area contributed by atoms with Crippen LogP contribution in [0.2, 0.25) is 0 Å². The first-order valence-electron chi connectivity index (χ1n) is 20.9. The van der Waals surface area contributed by atoms with Gasteiger partial charge in [-0.25, -0.2) is 4.57 Å². The zero-order chi connectivity index (χ0) is 42.3. The van der Waals surface area contributed by atoms with Crippen molar-refractivity contribution in [2.24, 2.45) is 0 Å². The zero-order valence-electron chi connectivity index (χ0n) is 34.3. The van der Waals surface area contributed by atoms with Gasteiger partial charge >= 0.3 is 8.25 Å². The van der Waals surface area contributed by atoms with Crippen molar-refractivity contribution in [1.29, 1.82) is 0 Å². The van der Waals surface area contributed by atoms with Crippen molar-refractivity contribution < 1.29 is 13.6 Å². The molecule has 0 radical (unpaired) electrons. The van der Waals surface area contributed by atoms with Gasteiger partial charge in [0.15, 0.2) is 0 Å². The Bertz CT molecular complexity index is 2250. The standard InChI is InChI=1S/C56H49N2O3P/c59-62(60-43-41-53(45-25-9-1-10-26-45)57-55(47-29-13-3-14-30-47,48-31-15-4-16-32-48)49-33-17-5-18-34-49)61-44-42-54(46-27-11-2-12-28-46)58-56(50-35-19-6-20-36-50,51-37-21-7-22-38-51)52-39-23-8-24-40-52/h1-44,53-54,57-58,62H/b43-41+,44-42+. The molecule has 6 heteroatoms. The van der Waals surface area contributed by atoms with Crippen LogP contribution in [0.15, 0.2) is 267 Å². The maximum Gasteiger partial charge on any atom is 0.417 e. The van der Waals surface area contributed by atoms with E-state index in [4.69, 9.17) is 9.05 Å². The molecule has 8 aromatic carbocycles. The van der Waals surface area contributed by atoms with Crippen molar-refractivity contribution in [2.75, 3.05) is 0 Å². The molecule has 306 valence electrons. The summed E-state index contributed by atoms with van der Waals surface area (Å²) in [6.07, 6.45) is 6.78. The quantitative estimate of drug-likeness (QED) is 0.0512. The molecule has 0 aliphatic carbocycles. The summed E-state index contributed by atoms with van der Waals surface area (Å²) < 4.78 is 25.3. The third-order valence-corrected chi connectivity index (χ3v) is 11.8. The normalized spacial score (nSPS) is 13.4. The molecule has 0 amide bonds. The Morgan fingerprint density at radius 1 is 0.339 bits per heavy atom. The van der Waals surface area contributed by atoms with Gasteiger partial charge in [-0.15, -0.1) is 0 Å². The largest absolute Gasteiger partial charge is 0.426 e. The second kappa shape index (κ2) is 20.5. The predicted octanol–water partition coefficient (Wildman–Crippen LogP) is 13.1. The molecule has 0 aliphatic heterocycles. The SMILES string of the molecule is O=[PH](O/C=C/C(NC(c1ccccc1)(c1ccccc1)c1ccccc1)c1ccccc1)O/C=C/C(NC(c1ccccc1)(c1ccccc1)c1ccccc1)c1ccccc1. The van der Waals surface area contributed by atoms with E-state index >= 15 is 0 Å². The van der Waals surface area contributed by atoms with Crippen molar-refractivity contribution in [3.05, 3.63) is 312 Å². The first-order chi connectivity index (χ1) is 30.7. The molecule has 8 aromatic rings. The van der Waals surface area contributed by atoms with Crippen LogP contribution in [0, 0.1) is 0 Å². The molecular weight excluding hydrogens is 780 g/mol. The lowest BCUT2D eigenvalue weighted by atomic mass is 9.76. The van der Waals surface area contributed by atoms with Crippen LogP contribution in [-0.4, -0.2) is 0 Å². The second-order valence-corrected chi connectivity index (χ2v) is 15.9. The van der Waals surface area contributed by atoms with E-state index < -0.39 is 19.3 Å². The van der Waals surface area contributed by atoms with Crippen molar-refractivity contribution in [3.63, 3.8) is 0 Å². The minimum Gasteiger partial charge on any atom is -0.426 e. The third kappa shape index (κ3) is 9.47. The molecule has 5 nitrogen and oxygen atoms in total. The summed E-state index contributed by atoms with van der Waals surface area (Å²) in [6.45, 7) is 0. The number of benzene rings is 8. The van der Waals surface area contributed by atoms with Crippen molar-refractivity contribution >= 4 is 8.25 Å². The summed E-state index contributed by atoms with van der Waals surface area (Å²) in [6, 6.07) is 82.4. The van der Waals surface area contributed by atoms with Gasteiger partial charge in [-0.2, -0.15) is 0 Å². The lowest BCUT2D eigenvalue weighted by molar-refractivity contribution is 0.349. The molecule has 62 heavy (non-hydrogen) atoms. The van der Waals surface area contributed by atoms with Crippen LogP contribution < -0.4 is 10.6 Å². The van der Waals surface area contributed by atoms with Gasteiger partial charge in [0.2, 0.25) is 0 Å². The molecule has 0 aromatic heterocycles. The van der Waals surface area contributed by atoms with Crippen molar-refractivity contribution in [3.8, 4) is 0 Å². The maximum absolute atomic E-state index is 13.6. The van der Waals surface area contributed by atoms with E-state index in [-0.39, 0.29) is 12.1 Å². The fourth-order valence-corrected chi connectivity index (χ4v) is 8.71. The van der Waals surface area contributed by atoms with Gasteiger partial charge < -0.3 is 9.05 Å². The predicted molar refractivity (Wildman–Crippen MR) is 253 cm³/mol. The number of nitrogens with one attached hydrogen (secondary N) is 2. The highest BCUT2D eigenvalue weighted by Crippen LogP contribution is 2.41. The average molecular weight is 829 g/mol. The average Bonchev–Trinajstić information content (AvgIpc) is 3.36. The highest BCUT2D eigenvalue weighted by Gasteiger charge is 2.39. The third-order valence-electron chi connectivity index (χ3n) is 11.2. The highest BCUT2D eigenvalue weighted by atomic mass is 31.1. The van der Waals surface area contributed by atoms with E-state index in [1.165, 1.54) is 12.5 Å². The number of hydrogen-bond acceptors (Lipinski definition) is 5. The summed E-state index contributed by atoms with van der Waals surface area (Å²) in [5, 5.41) is 8.05. The lowest BCUT2D eigenvalue weighted by Crippen LogP contribution is -2.46. The van der Waals surface area contributed by atoms with Gasteiger partial charge in [0.1, 0.15) is 0 Å². The van der Waals surface area contributed by atoms with Gasteiger partial charge in [0.25, 0.3) is 0 Å². The van der Waals surface area contributed by atoms with Crippen LogP contribution in [-0.2, 0) is 24.7 Å². The van der Waals surface area contributed by atoms with Crippen LogP contribution >= 0.6 is 8.25 Å². The minimum atomic E-state index is -3.02. The van der Waals surface area contributed by atoms with Gasteiger partial charge in [-0.3, -0.25) is 10.6 Å². The van der Waals surface area contributed by atoms with Crippen LogP contribution in [0.3, 0.4) is 0 Å². The van der Waals surface area contributed by atoms with Gasteiger partial charge in [-0.1, -0.05) is 243 Å². The van der Waals surface area contributed by atoms with Crippen LogP contribution in [0.1, 0.15) is 56.6 Å². The molecule has 2 unspecified atom stereocenters. The van der Waals surface area contributed by atoms with Crippen LogP contribution in [0.4, 0.5) is 0 Å². The van der Waals surface area contributed by atoms with Crippen molar-refractivity contribution in [2.45, 2.75) is 23.2 Å². The summed E-state index contributed by atoms with van der Waals surface area (Å²) in [7, 11) is -3.02. The van der Waals surface area contributed by atoms with E-state index in [0.717, 1.165) is 44.5 Å². The molecule has 0 saturated heterocycles. The first-order valence-corrected chi connectivity index (χ1v) is 22.1. The highest BCUT2D eigenvalue weighted by molar-refractivity contribution is 7.33. The number of rotatable bonds is 18. The summed E-state index contributed by atoms with van der Waals surface area (Å²) in [4.78, 5) is 0. The van der Waals surface area contributed by atoms with E-state index in [1.807, 2.05) is 84.9 Å². The van der Waals surface area contributed by atoms with Crippen LogP contribution in [0.5, 0.6) is 0 Å². The molecule has 0 heterocycles. The molecule has 2 atom stereocenters. The van der Waals surface area contributed by atoms with E-state index in [2.05, 4.69) is 180 Å². The second-order valence-electron chi connectivity index (χ2n) is 14.9. The lowest BCUT2D eigenvalue weighted by Gasteiger charge is -2.39. The monoisotopic (exact) mass is 828 g/mol. The molecule has 8 rings (SSSR count). The molecule has 0 saturated carbocycles. The molecule has 0 fully saturated rings. The van der Waals surface area contributed by atoms with Gasteiger partial charge in [-0.05, 0) is 56.7 Å². The summed E-state index contributed by atoms with van der Waals surface area (Å²) >= 11 is 0. The van der Waals surface area contributed by atoms with Crippen molar-refractivity contribution in [1.82, 2.24) is 10.6 Å². The van der Waals surface area contributed by atoms with Gasteiger partial charge in [0, 0.05) is 0 Å². The van der Waals surface area contributed by atoms with Crippen LogP contribution in [0.25, 0.3) is 0 Å². The van der Waals surface area contributed by atoms with E-state index in [1.54, 1.807) is 0 Å². The number of hydrogen-bond donors (Lipinski definition) is 2. The maximum atomic E-state index is 13.6. The molecule has 0 spiro atoms. The van der Waals surface area contributed by atoms with E-state index in [9.17, 15) is 4.57 Å². The fourth-order valence-electron chi connectivity index (χ4n) is 8.28. The molecule has 0 bridgehead atoms. The minimum absolute atomic E-state index is 0.365. The molecule has 0 aliphatic rings. The Morgan fingerprint density at radius 2 is 0.548 bits per heavy atom. The van der Waals surface area contributed by atoms with E-state index in [0.29, 0.717) is 0 Å².